The lowest BCUT2D eigenvalue weighted by atomic mass is 10.1. The van der Waals surface area contributed by atoms with Gasteiger partial charge in [-0.2, -0.15) is 0 Å². The summed E-state index contributed by atoms with van der Waals surface area (Å²) in [6.45, 7) is 2.52. The van der Waals surface area contributed by atoms with E-state index in [-0.39, 0.29) is 12.0 Å². The molecule has 0 spiro atoms. The summed E-state index contributed by atoms with van der Waals surface area (Å²) >= 11 is 3.45. The van der Waals surface area contributed by atoms with Crippen molar-refractivity contribution in [1.29, 1.82) is 0 Å². The van der Waals surface area contributed by atoms with Crippen LogP contribution < -0.4 is 0 Å². The van der Waals surface area contributed by atoms with Crippen LogP contribution in [-0.2, 0) is 20.8 Å². The first-order valence-electron chi connectivity index (χ1n) is 5.85. The van der Waals surface area contributed by atoms with E-state index in [1.807, 2.05) is 12.1 Å². The van der Waals surface area contributed by atoms with Gasteiger partial charge in [0.15, 0.2) is 0 Å². The number of carbonyl (C=O) groups is 1. The average Bonchev–Trinajstić information content (AvgIpc) is 2.38. The quantitative estimate of drug-likeness (QED) is 0.798. The number of ether oxygens (including phenoxy) is 2. The Bertz CT molecular complexity index is 424. The molecule has 0 aliphatic carbocycles. The van der Waals surface area contributed by atoms with Crippen LogP contribution in [0.4, 0.5) is 0 Å². The Hall–Kier alpha value is -0.910. The standard InChI is InChI=1S/C13H16BrNO3/c1-17-13(16)12-9-18-6-5-15(12)8-10-3-2-4-11(14)7-10/h2-4,7,12H,5-6,8-9H2,1H3. The summed E-state index contributed by atoms with van der Waals surface area (Å²) in [6.07, 6.45) is 0. The first kappa shape index (κ1) is 13.5. The van der Waals surface area contributed by atoms with Crippen molar-refractivity contribution in [2.75, 3.05) is 26.9 Å². The molecule has 1 aromatic carbocycles. The molecule has 98 valence electrons. The maximum absolute atomic E-state index is 11.7. The van der Waals surface area contributed by atoms with Crippen molar-refractivity contribution in [3.05, 3.63) is 34.3 Å². The third-order valence-corrected chi connectivity index (χ3v) is 3.48. The van der Waals surface area contributed by atoms with Crippen LogP contribution in [0.3, 0.4) is 0 Å². The van der Waals surface area contributed by atoms with Crippen LogP contribution in [0.2, 0.25) is 0 Å². The molecule has 0 aromatic heterocycles. The minimum atomic E-state index is -0.303. The number of hydrogen-bond donors (Lipinski definition) is 0. The number of rotatable bonds is 3. The van der Waals surface area contributed by atoms with Crippen molar-refractivity contribution in [2.45, 2.75) is 12.6 Å². The number of halogens is 1. The number of hydrogen-bond acceptors (Lipinski definition) is 4. The second-order valence-electron chi connectivity index (χ2n) is 4.21. The van der Waals surface area contributed by atoms with Crippen LogP contribution in [0, 0.1) is 0 Å². The van der Waals surface area contributed by atoms with Gasteiger partial charge in [0.05, 0.1) is 20.3 Å². The molecule has 0 amide bonds. The molecule has 1 aliphatic rings. The number of carbonyl (C=O) groups excluding carboxylic acids is 1. The van der Waals surface area contributed by atoms with E-state index in [1.165, 1.54) is 12.7 Å². The largest absolute Gasteiger partial charge is 0.468 e. The maximum Gasteiger partial charge on any atom is 0.325 e. The van der Waals surface area contributed by atoms with Gasteiger partial charge in [0.1, 0.15) is 6.04 Å². The van der Waals surface area contributed by atoms with Crippen molar-refractivity contribution in [2.24, 2.45) is 0 Å². The van der Waals surface area contributed by atoms with Crippen LogP contribution >= 0.6 is 15.9 Å². The Balaban J connectivity index is 2.07. The van der Waals surface area contributed by atoms with Gasteiger partial charge < -0.3 is 9.47 Å². The fourth-order valence-electron chi connectivity index (χ4n) is 2.05. The molecule has 1 aromatic rings. The van der Waals surface area contributed by atoms with Crippen molar-refractivity contribution < 1.29 is 14.3 Å². The number of esters is 1. The molecular weight excluding hydrogens is 298 g/mol. The molecule has 0 saturated carbocycles. The van der Waals surface area contributed by atoms with Gasteiger partial charge in [0.2, 0.25) is 0 Å². The fourth-order valence-corrected chi connectivity index (χ4v) is 2.50. The van der Waals surface area contributed by atoms with Gasteiger partial charge in [0, 0.05) is 17.6 Å². The molecule has 2 rings (SSSR count). The molecule has 1 fully saturated rings. The highest BCUT2D eigenvalue weighted by atomic mass is 79.9. The minimum absolute atomic E-state index is 0.232. The van der Waals surface area contributed by atoms with Crippen LogP contribution in [-0.4, -0.2) is 43.8 Å². The summed E-state index contributed by atoms with van der Waals surface area (Å²) in [6, 6.07) is 7.79. The van der Waals surface area contributed by atoms with Gasteiger partial charge in [-0.15, -0.1) is 0 Å². The monoisotopic (exact) mass is 313 g/mol. The highest BCUT2D eigenvalue weighted by Gasteiger charge is 2.30. The highest BCUT2D eigenvalue weighted by molar-refractivity contribution is 9.10. The van der Waals surface area contributed by atoms with Gasteiger partial charge >= 0.3 is 5.97 Å². The van der Waals surface area contributed by atoms with E-state index in [1.54, 1.807) is 0 Å². The molecular formula is C13H16BrNO3. The summed E-state index contributed by atoms with van der Waals surface area (Å²) in [5.41, 5.74) is 1.17. The lowest BCUT2D eigenvalue weighted by Gasteiger charge is -2.33. The van der Waals surface area contributed by atoms with Crippen molar-refractivity contribution in [1.82, 2.24) is 4.90 Å². The molecule has 0 radical (unpaired) electrons. The lowest BCUT2D eigenvalue weighted by molar-refractivity contribution is -0.153. The van der Waals surface area contributed by atoms with E-state index in [2.05, 4.69) is 33.0 Å². The van der Waals surface area contributed by atoms with Crippen LogP contribution in [0.1, 0.15) is 5.56 Å². The average molecular weight is 314 g/mol. The van der Waals surface area contributed by atoms with E-state index in [9.17, 15) is 4.79 Å². The topological polar surface area (TPSA) is 38.8 Å². The van der Waals surface area contributed by atoms with E-state index >= 15 is 0 Å². The van der Waals surface area contributed by atoms with Gasteiger partial charge in [0.25, 0.3) is 0 Å². The van der Waals surface area contributed by atoms with Crippen LogP contribution in [0.5, 0.6) is 0 Å². The molecule has 1 unspecified atom stereocenters. The van der Waals surface area contributed by atoms with Crippen LogP contribution in [0.25, 0.3) is 0 Å². The minimum Gasteiger partial charge on any atom is -0.468 e. The molecule has 5 heteroatoms. The molecule has 1 atom stereocenters. The molecule has 1 heterocycles. The Labute approximate surface area is 115 Å². The van der Waals surface area contributed by atoms with E-state index in [0.717, 1.165) is 17.6 Å². The van der Waals surface area contributed by atoms with Crippen molar-refractivity contribution >= 4 is 21.9 Å². The second kappa shape index (κ2) is 6.31. The lowest BCUT2D eigenvalue weighted by Crippen LogP contribution is -2.49. The molecule has 0 bridgehead atoms. The van der Waals surface area contributed by atoms with Crippen molar-refractivity contribution in [3.63, 3.8) is 0 Å². The number of morpholine rings is 1. The van der Waals surface area contributed by atoms with Gasteiger partial charge in [-0.05, 0) is 17.7 Å². The number of benzene rings is 1. The molecule has 4 nitrogen and oxygen atoms in total. The first-order chi connectivity index (χ1) is 8.70. The second-order valence-corrected chi connectivity index (χ2v) is 5.13. The smallest absolute Gasteiger partial charge is 0.325 e. The Kier molecular flexibility index (Phi) is 4.74. The summed E-state index contributed by atoms with van der Waals surface area (Å²) in [7, 11) is 1.41. The third-order valence-electron chi connectivity index (χ3n) is 2.99. The van der Waals surface area contributed by atoms with Gasteiger partial charge in [-0.1, -0.05) is 28.1 Å². The van der Waals surface area contributed by atoms with E-state index < -0.39 is 0 Å². The summed E-state index contributed by atoms with van der Waals surface area (Å²) in [5, 5.41) is 0. The Morgan fingerprint density at radius 1 is 1.61 bits per heavy atom. The zero-order chi connectivity index (χ0) is 13.0. The third kappa shape index (κ3) is 3.31. The molecule has 1 aliphatic heterocycles. The maximum atomic E-state index is 11.7. The summed E-state index contributed by atoms with van der Waals surface area (Å²) < 4.78 is 11.2. The highest BCUT2D eigenvalue weighted by Crippen LogP contribution is 2.17. The SMILES string of the molecule is COC(=O)C1COCCN1Cc1cccc(Br)c1. The Morgan fingerprint density at radius 2 is 2.44 bits per heavy atom. The zero-order valence-electron chi connectivity index (χ0n) is 10.3. The molecule has 1 saturated heterocycles. The van der Waals surface area contributed by atoms with Crippen molar-refractivity contribution in [3.8, 4) is 0 Å². The summed E-state index contributed by atoms with van der Waals surface area (Å²) in [4.78, 5) is 13.8. The van der Waals surface area contributed by atoms with Gasteiger partial charge in [-0.3, -0.25) is 9.69 Å². The predicted molar refractivity (Wildman–Crippen MR) is 71.2 cm³/mol. The number of nitrogens with zero attached hydrogens (tertiary/aromatic N) is 1. The number of methoxy groups -OCH3 is 1. The van der Waals surface area contributed by atoms with E-state index in [4.69, 9.17) is 9.47 Å². The van der Waals surface area contributed by atoms with E-state index in [0.29, 0.717) is 13.2 Å². The fraction of sp³-hybridized carbons (Fsp3) is 0.462. The Morgan fingerprint density at radius 3 is 3.17 bits per heavy atom. The first-order valence-corrected chi connectivity index (χ1v) is 6.64. The zero-order valence-corrected chi connectivity index (χ0v) is 11.9. The molecule has 18 heavy (non-hydrogen) atoms. The van der Waals surface area contributed by atoms with Crippen LogP contribution in [0.15, 0.2) is 28.7 Å². The van der Waals surface area contributed by atoms with Gasteiger partial charge in [-0.25, -0.2) is 0 Å². The predicted octanol–water partition coefficient (Wildman–Crippen LogP) is 1.82. The molecule has 0 N–H and O–H groups in total. The normalized spacial score (nSPS) is 20.7. The summed E-state index contributed by atoms with van der Waals surface area (Å²) in [5.74, 6) is -0.232.